The fourth-order valence-electron chi connectivity index (χ4n) is 2.44. The number of fused-ring (bicyclic) bond motifs is 1. The Morgan fingerprint density at radius 3 is 3.22 bits per heavy atom. The van der Waals surface area contributed by atoms with Gasteiger partial charge in [0, 0.05) is 17.5 Å². The van der Waals surface area contributed by atoms with E-state index in [2.05, 4.69) is 29.0 Å². The molecule has 2 N–H and O–H groups in total. The van der Waals surface area contributed by atoms with E-state index in [0.29, 0.717) is 6.04 Å². The molecule has 1 aromatic heterocycles. The van der Waals surface area contributed by atoms with Crippen LogP contribution in [0.15, 0.2) is 11.4 Å². The minimum absolute atomic E-state index is 0.110. The number of amides is 1. The number of carbonyl (C=O) groups excluding carboxylic acids is 1. The van der Waals surface area contributed by atoms with E-state index in [0.717, 1.165) is 19.4 Å². The first-order chi connectivity index (χ1) is 8.72. The van der Waals surface area contributed by atoms with Gasteiger partial charge in [-0.05, 0) is 49.6 Å². The van der Waals surface area contributed by atoms with Gasteiger partial charge in [-0.2, -0.15) is 0 Å². The predicted octanol–water partition coefficient (Wildman–Crippen LogP) is 2.63. The van der Waals surface area contributed by atoms with Crippen LogP contribution in [-0.4, -0.2) is 18.5 Å². The first-order valence-corrected chi connectivity index (χ1v) is 7.70. The molecule has 4 heteroatoms. The topological polar surface area (TPSA) is 41.1 Å². The first kappa shape index (κ1) is 13.6. The molecule has 0 radical (unpaired) electrons. The van der Waals surface area contributed by atoms with Gasteiger partial charge in [0.1, 0.15) is 0 Å². The van der Waals surface area contributed by atoms with Crippen molar-refractivity contribution in [2.24, 2.45) is 0 Å². The second-order valence-corrected chi connectivity index (χ2v) is 5.92. The van der Waals surface area contributed by atoms with Crippen molar-refractivity contribution in [3.8, 4) is 0 Å². The summed E-state index contributed by atoms with van der Waals surface area (Å²) in [5, 5.41) is 8.56. The van der Waals surface area contributed by atoms with E-state index in [4.69, 9.17) is 0 Å². The van der Waals surface area contributed by atoms with Crippen LogP contribution < -0.4 is 10.6 Å². The lowest BCUT2D eigenvalue weighted by Crippen LogP contribution is -2.44. The number of rotatable bonds is 5. The third kappa shape index (κ3) is 3.12. The van der Waals surface area contributed by atoms with Crippen LogP contribution in [0.5, 0.6) is 0 Å². The molecule has 0 bridgehead atoms. The highest BCUT2D eigenvalue weighted by atomic mass is 32.1. The smallest absolute Gasteiger partial charge is 0.236 e. The molecule has 2 atom stereocenters. The van der Waals surface area contributed by atoms with Gasteiger partial charge in [-0.3, -0.25) is 10.1 Å². The van der Waals surface area contributed by atoms with Crippen molar-refractivity contribution >= 4 is 17.2 Å². The van der Waals surface area contributed by atoms with Crippen molar-refractivity contribution in [2.45, 2.75) is 51.6 Å². The van der Waals surface area contributed by atoms with E-state index >= 15 is 0 Å². The number of aryl methyl sites for hydroxylation is 1. The SMILES string of the molecule is CCCNC(=O)C(C)NC1CCCc2sccc21. The second kappa shape index (κ2) is 6.34. The molecular formula is C14H22N2OS. The first-order valence-electron chi connectivity index (χ1n) is 6.82. The number of hydrogen-bond donors (Lipinski definition) is 2. The van der Waals surface area contributed by atoms with Crippen LogP contribution >= 0.6 is 11.3 Å². The average Bonchev–Trinajstić information content (AvgIpc) is 2.85. The number of carbonyl (C=O) groups is 1. The molecular weight excluding hydrogens is 244 g/mol. The van der Waals surface area contributed by atoms with Crippen LogP contribution in [0.25, 0.3) is 0 Å². The van der Waals surface area contributed by atoms with E-state index in [1.54, 1.807) is 0 Å². The van der Waals surface area contributed by atoms with Crippen LogP contribution in [0.3, 0.4) is 0 Å². The largest absolute Gasteiger partial charge is 0.355 e. The summed E-state index contributed by atoms with van der Waals surface area (Å²) in [7, 11) is 0. The fourth-order valence-corrected chi connectivity index (χ4v) is 3.43. The summed E-state index contributed by atoms with van der Waals surface area (Å²) in [4.78, 5) is 13.3. The summed E-state index contributed by atoms with van der Waals surface area (Å²) < 4.78 is 0. The highest BCUT2D eigenvalue weighted by molar-refractivity contribution is 7.10. The second-order valence-electron chi connectivity index (χ2n) is 4.92. The molecule has 2 rings (SSSR count). The Morgan fingerprint density at radius 2 is 2.44 bits per heavy atom. The van der Waals surface area contributed by atoms with E-state index < -0.39 is 0 Å². The molecule has 1 heterocycles. The number of nitrogens with one attached hydrogen (secondary N) is 2. The van der Waals surface area contributed by atoms with Crippen LogP contribution in [0.4, 0.5) is 0 Å². The summed E-state index contributed by atoms with van der Waals surface area (Å²) in [6.07, 6.45) is 4.53. The quantitative estimate of drug-likeness (QED) is 0.860. The van der Waals surface area contributed by atoms with Crippen molar-refractivity contribution in [1.29, 1.82) is 0 Å². The van der Waals surface area contributed by atoms with Gasteiger partial charge in [0.2, 0.25) is 5.91 Å². The van der Waals surface area contributed by atoms with Crippen molar-refractivity contribution in [2.75, 3.05) is 6.54 Å². The zero-order valence-corrected chi connectivity index (χ0v) is 12.0. The molecule has 2 unspecified atom stereocenters. The van der Waals surface area contributed by atoms with Crippen molar-refractivity contribution in [3.63, 3.8) is 0 Å². The molecule has 0 saturated heterocycles. The van der Waals surface area contributed by atoms with Gasteiger partial charge >= 0.3 is 0 Å². The van der Waals surface area contributed by atoms with Gasteiger partial charge in [0.15, 0.2) is 0 Å². The Kier molecular flexibility index (Phi) is 4.78. The summed E-state index contributed by atoms with van der Waals surface area (Å²) in [5.41, 5.74) is 1.40. The Bertz CT molecular complexity index is 402. The number of thiophene rings is 1. The molecule has 1 aliphatic rings. The summed E-state index contributed by atoms with van der Waals surface area (Å²) in [6, 6.07) is 2.43. The molecule has 0 aromatic carbocycles. The zero-order chi connectivity index (χ0) is 13.0. The van der Waals surface area contributed by atoms with Crippen molar-refractivity contribution in [1.82, 2.24) is 10.6 Å². The van der Waals surface area contributed by atoms with E-state index in [1.165, 1.54) is 23.3 Å². The average molecular weight is 266 g/mol. The van der Waals surface area contributed by atoms with Gasteiger partial charge in [-0.1, -0.05) is 6.92 Å². The Balaban J connectivity index is 1.93. The molecule has 100 valence electrons. The minimum atomic E-state index is -0.118. The summed E-state index contributed by atoms with van der Waals surface area (Å²) in [5.74, 6) is 0.110. The van der Waals surface area contributed by atoms with Crippen molar-refractivity contribution < 1.29 is 4.79 Å². The lowest BCUT2D eigenvalue weighted by molar-refractivity contribution is -0.122. The molecule has 1 aromatic rings. The molecule has 0 spiro atoms. The lowest BCUT2D eigenvalue weighted by Gasteiger charge is -2.26. The maximum Gasteiger partial charge on any atom is 0.236 e. The third-order valence-corrected chi connectivity index (χ3v) is 4.44. The fraction of sp³-hybridized carbons (Fsp3) is 0.643. The normalized spacial score (nSPS) is 20.2. The van der Waals surface area contributed by atoms with Crippen LogP contribution in [-0.2, 0) is 11.2 Å². The maximum atomic E-state index is 11.9. The molecule has 1 aliphatic carbocycles. The van der Waals surface area contributed by atoms with E-state index in [-0.39, 0.29) is 11.9 Å². The monoisotopic (exact) mass is 266 g/mol. The predicted molar refractivity (Wildman–Crippen MR) is 75.9 cm³/mol. The molecule has 0 saturated carbocycles. The minimum Gasteiger partial charge on any atom is -0.355 e. The van der Waals surface area contributed by atoms with Crippen LogP contribution in [0.2, 0.25) is 0 Å². The Morgan fingerprint density at radius 1 is 1.61 bits per heavy atom. The van der Waals surface area contributed by atoms with Gasteiger partial charge in [0.05, 0.1) is 6.04 Å². The standard InChI is InChI=1S/C14H22N2OS/c1-3-8-15-14(17)10(2)16-12-5-4-6-13-11(12)7-9-18-13/h7,9-10,12,16H,3-6,8H2,1-2H3,(H,15,17). The zero-order valence-electron chi connectivity index (χ0n) is 11.2. The van der Waals surface area contributed by atoms with Gasteiger partial charge in [0.25, 0.3) is 0 Å². The maximum absolute atomic E-state index is 11.9. The van der Waals surface area contributed by atoms with E-state index in [9.17, 15) is 4.79 Å². The Hall–Kier alpha value is -0.870. The Labute approximate surface area is 113 Å². The highest BCUT2D eigenvalue weighted by Crippen LogP contribution is 2.33. The number of hydrogen-bond acceptors (Lipinski definition) is 3. The third-order valence-electron chi connectivity index (χ3n) is 3.45. The van der Waals surface area contributed by atoms with Gasteiger partial charge in [-0.15, -0.1) is 11.3 Å². The molecule has 0 aliphatic heterocycles. The molecule has 18 heavy (non-hydrogen) atoms. The van der Waals surface area contributed by atoms with Crippen molar-refractivity contribution in [3.05, 3.63) is 21.9 Å². The lowest BCUT2D eigenvalue weighted by atomic mass is 9.93. The molecule has 3 nitrogen and oxygen atoms in total. The summed E-state index contributed by atoms with van der Waals surface area (Å²) in [6.45, 7) is 4.78. The van der Waals surface area contributed by atoms with Crippen LogP contribution in [0.1, 0.15) is 49.6 Å². The molecule has 0 fully saturated rings. The van der Waals surface area contributed by atoms with Crippen LogP contribution in [0, 0.1) is 0 Å². The summed E-state index contributed by atoms with van der Waals surface area (Å²) >= 11 is 1.84. The molecule has 1 amide bonds. The van der Waals surface area contributed by atoms with Gasteiger partial charge < -0.3 is 5.32 Å². The van der Waals surface area contributed by atoms with E-state index in [1.807, 2.05) is 18.3 Å². The van der Waals surface area contributed by atoms with Gasteiger partial charge in [-0.25, -0.2) is 0 Å². The highest BCUT2D eigenvalue weighted by Gasteiger charge is 2.24.